The van der Waals surface area contributed by atoms with Gasteiger partial charge in [0.1, 0.15) is 18.4 Å². The van der Waals surface area contributed by atoms with Crippen LogP contribution in [0.3, 0.4) is 0 Å². The van der Waals surface area contributed by atoms with E-state index in [2.05, 4.69) is 0 Å². The van der Waals surface area contributed by atoms with Crippen LogP contribution in [0.2, 0.25) is 0 Å². The number of ether oxygens (including phenoxy) is 2. The molecule has 1 heterocycles. The Morgan fingerprint density at radius 3 is 2.45 bits per heavy atom. The van der Waals surface area contributed by atoms with Crippen LogP contribution in [0.4, 0.5) is 22.4 Å². The molecule has 1 aliphatic heterocycles. The first kappa shape index (κ1) is 20.6. The molecule has 1 fully saturated rings. The highest BCUT2D eigenvalue weighted by atomic mass is 19.4. The molecule has 0 aliphatic carbocycles. The number of esters is 1. The van der Waals surface area contributed by atoms with Crippen molar-refractivity contribution in [1.29, 1.82) is 0 Å². The number of rotatable bonds is 5. The highest BCUT2D eigenvalue weighted by molar-refractivity contribution is 5.80. The zero-order valence-corrected chi connectivity index (χ0v) is 15.3. The van der Waals surface area contributed by atoms with Gasteiger partial charge >= 0.3 is 18.2 Å². The SMILES string of the molecule is CCOC(=O)CN1C(=O)OC(c2ccc(F)cc2)C1c1cccc(C(F)(F)F)c1. The van der Waals surface area contributed by atoms with Gasteiger partial charge in [0.15, 0.2) is 6.10 Å². The van der Waals surface area contributed by atoms with E-state index >= 15 is 0 Å². The van der Waals surface area contributed by atoms with Crippen LogP contribution in [0.15, 0.2) is 48.5 Å². The molecule has 0 bridgehead atoms. The van der Waals surface area contributed by atoms with Crippen LogP contribution < -0.4 is 0 Å². The Balaban J connectivity index is 2.04. The summed E-state index contributed by atoms with van der Waals surface area (Å²) < 4.78 is 63.0. The highest BCUT2D eigenvalue weighted by Gasteiger charge is 2.45. The van der Waals surface area contributed by atoms with E-state index in [4.69, 9.17) is 9.47 Å². The summed E-state index contributed by atoms with van der Waals surface area (Å²) in [5.74, 6) is -1.24. The second kappa shape index (κ2) is 8.10. The second-order valence-electron chi connectivity index (χ2n) is 6.36. The number of cyclic esters (lactones) is 1. The third-order valence-corrected chi connectivity index (χ3v) is 4.44. The summed E-state index contributed by atoms with van der Waals surface area (Å²) in [4.78, 5) is 25.4. The first-order chi connectivity index (χ1) is 13.7. The summed E-state index contributed by atoms with van der Waals surface area (Å²) in [6, 6.07) is 8.47. The van der Waals surface area contributed by atoms with Gasteiger partial charge in [0.2, 0.25) is 0 Å². The molecule has 1 saturated heterocycles. The molecule has 1 amide bonds. The number of alkyl halides is 3. The molecule has 2 unspecified atom stereocenters. The van der Waals surface area contributed by atoms with E-state index in [0.29, 0.717) is 5.56 Å². The predicted molar refractivity (Wildman–Crippen MR) is 93.1 cm³/mol. The van der Waals surface area contributed by atoms with Crippen molar-refractivity contribution < 1.29 is 36.6 Å². The van der Waals surface area contributed by atoms with Crippen LogP contribution in [0.5, 0.6) is 0 Å². The fourth-order valence-electron chi connectivity index (χ4n) is 3.18. The maximum Gasteiger partial charge on any atom is 0.416 e. The van der Waals surface area contributed by atoms with Crippen molar-refractivity contribution in [3.63, 3.8) is 0 Å². The molecule has 5 nitrogen and oxygen atoms in total. The van der Waals surface area contributed by atoms with Crippen molar-refractivity contribution in [1.82, 2.24) is 4.90 Å². The lowest BCUT2D eigenvalue weighted by atomic mass is 9.94. The lowest BCUT2D eigenvalue weighted by Crippen LogP contribution is -2.34. The van der Waals surface area contributed by atoms with E-state index in [-0.39, 0.29) is 12.2 Å². The molecule has 2 aromatic rings. The van der Waals surface area contributed by atoms with Gasteiger partial charge < -0.3 is 9.47 Å². The quantitative estimate of drug-likeness (QED) is 0.531. The van der Waals surface area contributed by atoms with Gasteiger partial charge in [-0.15, -0.1) is 0 Å². The maximum atomic E-state index is 13.3. The average molecular weight is 411 g/mol. The summed E-state index contributed by atoms with van der Waals surface area (Å²) in [5, 5.41) is 0. The molecule has 154 valence electrons. The molecule has 1 aliphatic rings. The normalized spacial score (nSPS) is 19.2. The Kier molecular flexibility index (Phi) is 5.76. The third-order valence-electron chi connectivity index (χ3n) is 4.44. The monoisotopic (exact) mass is 411 g/mol. The smallest absolute Gasteiger partial charge is 0.416 e. The molecule has 0 spiro atoms. The number of carbonyl (C=O) groups is 2. The number of nitrogens with zero attached hydrogens (tertiary/aromatic N) is 1. The Morgan fingerprint density at radius 1 is 1.14 bits per heavy atom. The van der Waals surface area contributed by atoms with E-state index in [1.165, 1.54) is 24.3 Å². The molecular formula is C20H17F4NO4. The van der Waals surface area contributed by atoms with E-state index in [0.717, 1.165) is 29.2 Å². The van der Waals surface area contributed by atoms with E-state index in [1.54, 1.807) is 6.92 Å². The largest absolute Gasteiger partial charge is 0.465 e. The Labute approximate surface area is 163 Å². The molecule has 0 saturated carbocycles. The summed E-state index contributed by atoms with van der Waals surface area (Å²) in [7, 11) is 0. The summed E-state index contributed by atoms with van der Waals surface area (Å²) in [6.45, 7) is 1.18. The Hall–Kier alpha value is -3.10. The van der Waals surface area contributed by atoms with E-state index in [1.807, 2.05) is 0 Å². The molecule has 9 heteroatoms. The third kappa shape index (κ3) is 4.49. The number of halogens is 4. The minimum atomic E-state index is -4.59. The van der Waals surface area contributed by atoms with Crippen molar-refractivity contribution in [3.05, 3.63) is 71.0 Å². The lowest BCUT2D eigenvalue weighted by Gasteiger charge is -2.25. The van der Waals surface area contributed by atoms with Gasteiger partial charge in [0.25, 0.3) is 0 Å². The summed E-state index contributed by atoms with van der Waals surface area (Å²) in [5.41, 5.74) is -0.388. The van der Waals surface area contributed by atoms with Crippen molar-refractivity contribution in [2.45, 2.75) is 25.2 Å². The van der Waals surface area contributed by atoms with Crippen LogP contribution >= 0.6 is 0 Å². The van der Waals surface area contributed by atoms with Crippen molar-refractivity contribution >= 4 is 12.1 Å². The summed E-state index contributed by atoms with van der Waals surface area (Å²) >= 11 is 0. The Bertz CT molecular complexity index is 898. The van der Waals surface area contributed by atoms with Gasteiger partial charge in [-0.1, -0.05) is 24.3 Å². The molecule has 3 rings (SSSR count). The van der Waals surface area contributed by atoms with E-state index in [9.17, 15) is 27.2 Å². The fraction of sp³-hybridized carbons (Fsp3) is 0.300. The first-order valence-electron chi connectivity index (χ1n) is 8.76. The molecule has 2 atom stereocenters. The minimum Gasteiger partial charge on any atom is -0.465 e. The fourth-order valence-corrected chi connectivity index (χ4v) is 3.18. The van der Waals surface area contributed by atoms with Gasteiger partial charge in [0, 0.05) is 0 Å². The van der Waals surface area contributed by atoms with Gasteiger partial charge in [-0.25, -0.2) is 9.18 Å². The predicted octanol–water partition coefficient (Wildman–Crippen LogP) is 4.64. The van der Waals surface area contributed by atoms with Crippen LogP contribution in [0, 0.1) is 5.82 Å². The maximum absolute atomic E-state index is 13.3. The van der Waals surface area contributed by atoms with Gasteiger partial charge in [-0.05, 0) is 42.3 Å². The summed E-state index contributed by atoms with van der Waals surface area (Å²) in [6.07, 6.45) is -6.49. The zero-order chi connectivity index (χ0) is 21.2. The standard InChI is InChI=1S/C20H17F4NO4/c1-2-28-16(26)11-25-17(13-4-3-5-14(10-13)20(22,23)24)18(29-19(25)27)12-6-8-15(21)9-7-12/h3-10,17-18H,2,11H2,1H3. The number of amides is 1. The topological polar surface area (TPSA) is 55.8 Å². The van der Waals surface area contributed by atoms with Crippen LogP contribution in [-0.2, 0) is 20.4 Å². The molecular weight excluding hydrogens is 394 g/mol. The molecule has 0 aromatic heterocycles. The van der Waals surface area contributed by atoms with Crippen LogP contribution in [0.25, 0.3) is 0 Å². The molecule has 0 radical (unpaired) electrons. The number of carbonyl (C=O) groups excluding carboxylic acids is 2. The van der Waals surface area contributed by atoms with Crippen molar-refractivity contribution in [2.75, 3.05) is 13.2 Å². The van der Waals surface area contributed by atoms with E-state index < -0.39 is 48.3 Å². The highest BCUT2D eigenvalue weighted by Crippen LogP contribution is 2.44. The number of hydrogen-bond donors (Lipinski definition) is 0. The second-order valence-corrected chi connectivity index (χ2v) is 6.36. The van der Waals surface area contributed by atoms with Gasteiger partial charge in [0.05, 0.1) is 12.2 Å². The average Bonchev–Trinajstić information content (AvgIpc) is 2.98. The minimum absolute atomic E-state index is 0.0807. The van der Waals surface area contributed by atoms with Crippen LogP contribution in [-0.4, -0.2) is 30.1 Å². The van der Waals surface area contributed by atoms with Gasteiger partial charge in [-0.3, -0.25) is 9.69 Å². The number of benzene rings is 2. The molecule has 0 N–H and O–H groups in total. The Morgan fingerprint density at radius 2 is 1.83 bits per heavy atom. The van der Waals surface area contributed by atoms with Crippen molar-refractivity contribution in [3.8, 4) is 0 Å². The first-order valence-corrected chi connectivity index (χ1v) is 8.76. The zero-order valence-electron chi connectivity index (χ0n) is 15.3. The number of hydrogen-bond acceptors (Lipinski definition) is 4. The van der Waals surface area contributed by atoms with Gasteiger partial charge in [-0.2, -0.15) is 13.2 Å². The molecule has 29 heavy (non-hydrogen) atoms. The lowest BCUT2D eigenvalue weighted by molar-refractivity contribution is -0.144. The molecule has 2 aromatic carbocycles. The van der Waals surface area contributed by atoms with Crippen LogP contribution in [0.1, 0.15) is 35.8 Å². The van der Waals surface area contributed by atoms with Crippen molar-refractivity contribution in [2.24, 2.45) is 0 Å².